The van der Waals surface area contributed by atoms with Crippen LogP contribution < -0.4 is 10.0 Å². The molecule has 0 bridgehead atoms. The number of hydrogen-bond acceptors (Lipinski definition) is 7. The third-order valence-corrected chi connectivity index (χ3v) is 6.04. The van der Waals surface area contributed by atoms with Crippen molar-refractivity contribution >= 4 is 27.3 Å². The van der Waals surface area contributed by atoms with Crippen molar-refractivity contribution in [1.82, 2.24) is 30.0 Å². The summed E-state index contributed by atoms with van der Waals surface area (Å²) in [4.78, 5) is 27.7. The van der Waals surface area contributed by atoms with Crippen molar-refractivity contribution in [2.75, 3.05) is 0 Å². The van der Waals surface area contributed by atoms with Crippen LogP contribution in [0.25, 0.3) is 0 Å². The number of rotatable bonds is 7. The Hall–Kier alpha value is -2.63. The Balaban J connectivity index is 1.61. The molecule has 3 aromatic rings. The van der Waals surface area contributed by atoms with Crippen LogP contribution in [0.4, 0.5) is 0 Å². The van der Waals surface area contributed by atoms with E-state index in [-0.39, 0.29) is 16.6 Å². The Labute approximate surface area is 160 Å². The molecule has 3 heterocycles. The summed E-state index contributed by atoms with van der Waals surface area (Å²) >= 11 is 1.52. The number of pyridine rings is 1. The molecule has 1 unspecified atom stereocenters. The van der Waals surface area contributed by atoms with E-state index in [2.05, 4.69) is 30.0 Å². The van der Waals surface area contributed by atoms with Gasteiger partial charge in [0, 0.05) is 29.5 Å². The van der Waals surface area contributed by atoms with E-state index >= 15 is 0 Å². The predicted octanol–water partition coefficient (Wildman–Crippen LogP) is 1.54. The van der Waals surface area contributed by atoms with Gasteiger partial charge in [0.2, 0.25) is 0 Å². The van der Waals surface area contributed by atoms with Crippen LogP contribution >= 0.6 is 11.3 Å². The highest BCUT2D eigenvalue weighted by Gasteiger charge is 2.20. The molecule has 27 heavy (non-hydrogen) atoms. The van der Waals surface area contributed by atoms with Gasteiger partial charge in [0.25, 0.3) is 15.9 Å². The van der Waals surface area contributed by atoms with Crippen molar-refractivity contribution in [3.63, 3.8) is 0 Å². The summed E-state index contributed by atoms with van der Waals surface area (Å²) in [5, 5.41) is 3.63. The largest absolute Gasteiger partial charge is 0.350 e. The lowest BCUT2D eigenvalue weighted by atomic mass is 10.1. The first-order chi connectivity index (χ1) is 12.8. The topological polar surface area (TPSA) is 130 Å². The van der Waals surface area contributed by atoms with Gasteiger partial charge in [0.05, 0.1) is 17.9 Å². The van der Waals surface area contributed by atoms with Crippen LogP contribution in [0, 0.1) is 6.92 Å². The summed E-state index contributed by atoms with van der Waals surface area (Å²) in [6, 6.07) is 2.69. The van der Waals surface area contributed by atoms with Crippen molar-refractivity contribution in [3.8, 4) is 0 Å². The van der Waals surface area contributed by atoms with Crippen LogP contribution in [0.1, 0.15) is 38.9 Å². The number of carbonyl (C=O) groups is 1. The number of amides is 1. The zero-order chi connectivity index (χ0) is 19.4. The average Bonchev–Trinajstić information content (AvgIpc) is 3.31. The number of thiazole rings is 1. The molecule has 3 rings (SSSR count). The van der Waals surface area contributed by atoms with E-state index < -0.39 is 16.1 Å². The second-order valence-electron chi connectivity index (χ2n) is 5.76. The summed E-state index contributed by atoms with van der Waals surface area (Å²) in [5.41, 5.74) is 0.881. The molecule has 1 amide bonds. The van der Waals surface area contributed by atoms with Crippen molar-refractivity contribution < 1.29 is 13.2 Å². The summed E-state index contributed by atoms with van der Waals surface area (Å²) in [7, 11) is -3.73. The molecular weight excluding hydrogens is 388 g/mol. The van der Waals surface area contributed by atoms with Crippen LogP contribution in [-0.4, -0.2) is 34.3 Å². The fourth-order valence-electron chi connectivity index (χ4n) is 2.30. The number of carbonyl (C=O) groups excluding carboxylic acids is 1. The van der Waals surface area contributed by atoms with Crippen molar-refractivity contribution in [1.29, 1.82) is 0 Å². The molecule has 1 atom stereocenters. The maximum Gasteiger partial charge on any atom is 0.270 e. The van der Waals surface area contributed by atoms with Crippen LogP contribution in [-0.2, 0) is 16.6 Å². The molecule has 0 saturated heterocycles. The number of aromatic amines is 1. The second-order valence-corrected chi connectivity index (χ2v) is 8.74. The molecule has 0 radical (unpaired) electrons. The minimum absolute atomic E-state index is 0.0865. The van der Waals surface area contributed by atoms with Gasteiger partial charge in [-0.25, -0.2) is 23.1 Å². The summed E-state index contributed by atoms with van der Waals surface area (Å²) in [6.45, 7) is 3.97. The maximum absolute atomic E-state index is 12.2. The van der Waals surface area contributed by atoms with E-state index in [1.807, 2.05) is 6.92 Å². The van der Waals surface area contributed by atoms with E-state index in [4.69, 9.17) is 0 Å². The Kier molecular flexibility index (Phi) is 5.63. The van der Waals surface area contributed by atoms with Crippen LogP contribution in [0.2, 0.25) is 0 Å². The summed E-state index contributed by atoms with van der Waals surface area (Å²) < 4.78 is 26.9. The van der Waals surface area contributed by atoms with Crippen LogP contribution in [0.5, 0.6) is 0 Å². The Morgan fingerprint density at radius 2 is 2.07 bits per heavy atom. The maximum atomic E-state index is 12.2. The van der Waals surface area contributed by atoms with Gasteiger partial charge >= 0.3 is 0 Å². The molecule has 0 aliphatic carbocycles. The highest BCUT2D eigenvalue weighted by Crippen LogP contribution is 2.15. The summed E-state index contributed by atoms with van der Waals surface area (Å²) in [5.74, 6) is -0.308. The van der Waals surface area contributed by atoms with E-state index in [1.54, 1.807) is 25.3 Å². The number of sulfonamides is 1. The highest BCUT2D eigenvalue weighted by atomic mass is 32.2. The molecule has 11 heteroatoms. The molecule has 9 nitrogen and oxygen atoms in total. The van der Waals surface area contributed by atoms with Gasteiger partial charge in [0.15, 0.2) is 5.03 Å². The lowest BCUT2D eigenvalue weighted by Crippen LogP contribution is -2.27. The predicted molar refractivity (Wildman–Crippen MR) is 99.6 cm³/mol. The van der Waals surface area contributed by atoms with Gasteiger partial charge in [-0.1, -0.05) is 6.07 Å². The first kappa shape index (κ1) is 19.1. The van der Waals surface area contributed by atoms with Gasteiger partial charge in [-0.15, -0.1) is 11.3 Å². The molecule has 0 aliphatic rings. The first-order valence-electron chi connectivity index (χ1n) is 8.02. The van der Waals surface area contributed by atoms with Crippen LogP contribution in [0.15, 0.2) is 42.1 Å². The zero-order valence-corrected chi connectivity index (χ0v) is 16.3. The van der Waals surface area contributed by atoms with Crippen LogP contribution in [0.3, 0.4) is 0 Å². The number of nitrogens with zero attached hydrogens (tertiary/aromatic N) is 3. The minimum atomic E-state index is -3.73. The fraction of sp³-hybridized carbons (Fsp3) is 0.250. The zero-order valence-electron chi connectivity index (χ0n) is 14.6. The Morgan fingerprint density at radius 1 is 1.26 bits per heavy atom. The standard InChI is InChI=1S/C16H18N6O3S2/c1-10(22-27(24,25)15-8-17-9-21-15)12-3-4-14(19-5-12)16(23)20-7-13-6-18-11(2)26-13/h3-6,8-10,22H,7H2,1-2H3,(H,17,21)(H,20,23). The Bertz CT molecular complexity index is 1010. The number of aryl methyl sites for hydroxylation is 1. The molecule has 0 spiro atoms. The highest BCUT2D eigenvalue weighted by molar-refractivity contribution is 7.89. The molecular formula is C16H18N6O3S2. The number of imidazole rings is 1. The SMILES string of the molecule is Cc1ncc(CNC(=O)c2ccc(C(C)NS(=O)(=O)c3c[nH]cn3)cn2)s1. The first-order valence-corrected chi connectivity index (χ1v) is 10.3. The van der Waals surface area contributed by atoms with E-state index in [0.29, 0.717) is 12.1 Å². The number of H-pyrrole nitrogens is 1. The van der Waals surface area contributed by atoms with E-state index in [0.717, 1.165) is 9.88 Å². The number of nitrogens with one attached hydrogen (secondary N) is 3. The number of hydrogen-bond donors (Lipinski definition) is 3. The lowest BCUT2D eigenvalue weighted by Gasteiger charge is -2.13. The van der Waals surface area contributed by atoms with Crippen molar-refractivity contribution in [3.05, 3.63) is 58.2 Å². The number of aromatic nitrogens is 4. The van der Waals surface area contributed by atoms with Gasteiger partial charge in [0.1, 0.15) is 5.69 Å². The summed E-state index contributed by atoms with van der Waals surface area (Å²) in [6.07, 6.45) is 5.79. The van der Waals surface area contributed by atoms with Gasteiger partial charge in [-0.05, 0) is 25.5 Å². The molecule has 0 aromatic carbocycles. The molecule has 0 aliphatic heterocycles. The van der Waals surface area contributed by atoms with Gasteiger partial charge < -0.3 is 10.3 Å². The minimum Gasteiger partial charge on any atom is -0.350 e. The monoisotopic (exact) mass is 406 g/mol. The van der Waals surface area contributed by atoms with Crippen molar-refractivity contribution in [2.45, 2.75) is 31.5 Å². The fourth-order valence-corrected chi connectivity index (χ4v) is 4.17. The molecule has 3 aromatic heterocycles. The van der Waals surface area contributed by atoms with Gasteiger partial charge in [-0.3, -0.25) is 9.78 Å². The third-order valence-electron chi connectivity index (χ3n) is 3.69. The van der Waals surface area contributed by atoms with E-state index in [9.17, 15) is 13.2 Å². The normalized spacial score (nSPS) is 12.7. The molecule has 142 valence electrons. The van der Waals surface area contributed by atoms with Crippen molar-refractivity contribution in [2.24, 2.45) is 0 Å². The third kappa shape index (κ3) is 4.76. The quantitative estimate of drug-likeness (QED) is 0.546. The molecule has 0 fully saturated rings. The van der Waals surface area contributed by atoms with Gasteiger partial charge in [-0.2, -0.15) is 0 Å². The molecule has 0 saturated carbocycles. The average molecular weight is 406 g/mol. The van der Waals surface area contributed by atoms with E-state index in [1.165, 1.54) is 30.1 Å². The smallest absolute Gasteiger partial charge is 0.270 e. The second kappa shape index (κ2) is 7.94. The lowest BCUT2D eigenvalue weighted by molar-refractivity contribution is 0.0946. The Morgan fingerprint density at radius 3 is 2.67 bits per heavy atom. The molecule has 3 N–H and O–H groups in total.